The van der Waals surface area contributed by atoms with Gasteiger partial charge in [-0.1, -0.05) is 0 Å². The molecule has 4 rings (SSSR count). The van der Waals surface area contributed by atoms with Gasteiger partial charge in [0.1, 0.15) is 0 Å². The molecule has 0 unspecified atom stereocenters. The predicted molar refractivity (Wildman–Crippen MR) is 96.4 cm³/mol. The van der Waals surface area contributed by atoms with Gasteiger partial charge in [-0.2, -0.15) is 13.9 Å². The second kappa shape index (κ2) is 6.74. The first-order valence-corrected chi connectivity index (χ1v) is 9.30. The Labute approximate surface area is 156 Å². The van der Waals surface area contributed by atoms with E-state index < -0.39 is 6.61 Å². The molecule has 27 heavy (non-hydrogen) atoms. The molecule has 3 N–H and O–H groups in total. The zero-order valence-electron chi connectivity index (χ0n) is 15.3. The molecule has 0 saturated heterocycles. The fourth-order valence-corrected chi connectivity index (χ4v) is 4.54. The van der Waals surface area contributed by atoms with E-state index in [2.05, 4.69) is 23.6 Å². The number of ether oxygens (including phenoxy) is 1. The van der Waals surface area contributed by atoms with Crippen molar-refractivity contribution in [2.75, 3.05) is 12.3 Å². The Hall–Kier alpha value is -2.22. The van der Waals surface area contributed by atoms with E-state index in [1.54, 1.807) is 0 Å². The summed E-state index contributed by atoms with van der Waals surface area (Å²) >= 11 is 0. The van der Waals surface area contributed by atoms with Crippen molar-refractivity contribution in [3.05, 3.63) is 24.0 Å². The van der Waals surface area contributed by atoms with Crippen LogP contribution in [0.15, 0.2) is 18.3 Å². The molecule has 0 radical (unpaired) electrons. The molecule has 0 aliphatic heterocycles. The molecular formula is C19H24F2N4O2. The molecular weight excluding hydrogens is 354 g/mol. The first-order valence-electron chi connectivity index (χ1n) is 9.30. The van der Waals surface area contributed by atoms with E-state index in [4.69, 9.17) is 10.8 Å². The van der Waals surface area contributed by atoms with Gasteiger partial charge in [0.25, 0.3) is 0 Å². The summed E-state index contributed by atoms with van der Waals surface area (Å²) in [6, 6.07) is 3.67. The number of rotatable bonds is 6. The Morgan fingerprint density at radius 2 is 2.00 bits per heavy atom. The number of alkyl halides is 2. The van der Waals surface area contributed by atoms with Gasteiger partial charge in [0.15, 0.2) is 11.6 Å². The molecule has 0 spiro atoms. The summed E-state index contributed by atoms with van der Waals surface area (Å²) in [5, 5.41) is 14.1. The highest BCUT2D eigenvalue weighted by molar-refractivity contribution is 5.64. The molecule has 2 fully saturated rings. The van der Waals surface area contributed by atoms with E-state index in [1.807, 2.05) is 10.7 Å². The van der Waals surface area contributed by atoms with Gasteiger partial charge in [0.05, 0.1) is 5.69 Å². The Balaban J connectivity index is 1.64. The molecule has 0 amide bonds. The van der Waals surface area contributed by atoms with Crippen LogP contribution in [0.4, 0.5) is 14.6 Å². The summed E-state index contributed by atoms with van der Waals surface area (Å²) in [4.78, 5) is 3.97. The average Bonchev–Trinajstić information content (AvgIpc) is 3.01. The number of aliphatic hydroxyl groups is 1. The summed E-state index contributed by atoms with van der Waals surface area (Å²) in [5.74, 6) is 1.86. The largest absolute Gasteiger partial charge is 0.431 e. The van der Waals surface area contributed by atoms with Gasteiger partial charge in [-0.3, -0.25) is 4.68 Å². The molecule has 6 nitrogen and oxygen atoms in total. The zero-order chi connectivity index (χ0) is 19.3. The van der Waals surface area contributed by atoms with Crippen LogP contribution in [0, 0.1) is 17.8 Å². The smallest absolute Gasteiger partial charge is 0.387 e. The Kier molecular flexibility index (Phi) is 4.53. The third-order valence-electron chi connectivity index (χ3n) is 5.79. The standard InChI is InChI=1S/C19H24F2N4O2/c1-9(2)25-15(17-12-3-10(8-26)4-13(12)17)6-14(24-25)11-5-16(27-19(20)21)18(22)23-7-11/h5-7,9-10,12-13,17,19,26H,3-4,8H2,1-2H3,(H2,22,23)/t10-,12-,13+,17+. The van der Waals surface area contributed by atoms with Crippen molar-refractivity contribution in [3.63, 3.8) is 0 Å². The van der Waals surface area contributed by atoms with Crippen LogP contribution in [0.3, 0.4) is 0 Å². The fraction of sp³-hybridized carbons (Fsp3) is 0.579. The fourth-order valence-electron chi connectivity index (χ4n) is 4.54. The minimum atomic E-state index is -2.96. The van der Waals surface area contributed by atoms with Gasteiger partial charge >= 0.3 is 6.61 Å². The second-order valence-electron chi connectivity index (χ2n) is 7.85. The number of aromatic nitrogens is 3. The third-order valence-corrected chi connectivity index (χ3v) is 5.79. The maximum Gasteiger partial charge on any atom is 0.387 e. The lowest BCUT2D eigenvalue weighted by atomic mass is 9.99. The van der Waals surface area contributed by atoms with Crippen LogP contribution in [0.25, 0.3) is 11.3 Å². The molecule has 0 aromatic carbocycles. The van der Waals surface area contributed by atoms with Crippen LogP contribution in [0.1, 0.15) is 44.3 Å². The topological polar surface area (TPSA) is 86.2 Å². The van der Waals surface area contributed by atoms with Crippen LogP contribution in [0.5, 0.6) is 5.75 Å². The first-order chi connectivity index (χ1) is 12.9. The molecule has 2 saturated carbocycles. The predicted octanol–water partition coefficient (Wildman–Crippen LogP) is 3.44. The summed E-state index contributed by atoms with van der Waals surface area (Å²) in [5.41, 5.74) is 8.07. The molecule has 2 heterocycles. The summed E-state index contributed by atoms with van der Waals surface area (Å²) in [6.45, 7) is 1.44. The lowest BCUT2D eigenvalue weighted by Gasteiger charge is -2.14. The molecule has 8 heteroatoms. The molecule has 2 aromatic heterocycles. The van der Waals surface area contributed by atoms with Gasteiger partial charge < -0.3 is 15.6 Å². The quantitative estimate of drug-likeness (QED) is 0.804. The van der Waals surface area contributed by atoms with Gasteiger partial charge in [0, 0.05) is 36.0 Å². The van der Waals surface area contributed by atoms with E-state index in [-0.39, 0.29) is 24.2 Å². The zero-order valence-corrected chi connectivity index (χ0v) is 15.3. The SMILES string of the molecule is CC(C)n1nc(-c2cnc(N)c(OC(F)F)c2)cc1[C@H]1[C@@H]2C[C@@H](CO)C[C@@H]21. The number of nitrogens with two attached hydrogens (primary N) is 1. The number of anilines is 1. The van der Waals surface area contributed by atoms with Crippen LogP contribution >= 0.6 is 0 Å². The maximum absolute atomic E-state index is 12.6. The van der Waals surface area contributed by atoms with E-state index in [9.17, 15) is 13.9 Å². The van der Waals surface area contributed by atoms with Crippen LogP contribution < -0.4 is 10.5 Å². The lowest BCUT2D eigenvalue weighted by Crippen LogP contribution is -2.10. The summed E-state index contributed by atoms with van der Waals surface area (Å²) < 4.78 is 31.6. The Morgan fingerprint density at radius 3 is 2.59 bits per heavy atom. The van der Waals surface area contributed by atoms with Gasteiger partial charge in [-0.25, -0.2) is 4.98 Å². The summed E-state index contributed by atoms with van der Waals surface area (Å²) in [6.07, 6.45) is 3.64. The highest BCUT2D eigenvalue weighted by Gasteiger charge is 2.57. The normalized spacial score (nSPS) is 26.6. The van der Waals surface area contributed by atoms with E-state index in [0.29, 0.717) is 34.9 Å². The number of aliphatic hydroxyl groups excluding tert-OH is 1. The van der Waals surface area contributed by atoms with Gasteiger partial charge in [0.2, 0.25) is 0 Å². The minimum absolute atomic E-state index is 0.0747. The number of pyridine rings is 1. The van der Waals surface area contributed by atoms with Crippen LogP contribution in [-0.2, 0) is 0 Å². The van der Waals surface area contributed by atoms with E-state index >= 15 is 0 Å². The molecule has 4 atom stereocenters. The number of nitrogens with zero attached hydrogens (tertiary/aromatic N) is 3. The van der Waals surface area contributed by atoms with Gasteiger partial charge in [-0.15, -0.1) is 0 Å². The number of halogens is 2. The molecule has 0 bridgehead atoms. The summed E-state index contributed by atoms with van der Waals surface area (Å²) in [7, 11) is 0. The van der Waals surface area contributed by atoms with Crippen molar-refractivity contribution in [2.45, 2.75) is 45.3 Å². The monoisotopic (exact) mass is 378 g/mol. The highest BCUT2D eigenvalue weighted by atomic mass is 19.3. The van der Waals surface area contributed by atoms with E-state index in [1.165, 1.54) is 18.0 Å². The van der Waals surface area contributed by atoms with E-state index in [0.717, 1.165) is 12.8 Å². The average molecular weight is 378 g/mol. The molecule has 2 aliphatic carbocycles. The molecule has 2 aromatic rings. The third kappa shape index (κ3) is 3.26. The van der Waals surface area contributed by atoms with Crippen molar-refractivity contribution < 1.29 is 18.6 Å². The van der Waals surface area contributed by atoms with Crippen molar-refractivity contribution in [2.24, 2.45) is 17.8 Å². The molecule has 2 aliphatic rings. The Morgan fingerprint density at radius 1 is 1.30 bits per heavy atom. The van der Waals surface area contributed by atoms with Crippen molar-refractivity contribution in [3.8, 4) is 17.0 Å². The van der Waals surface area contributed by atoms with Crippen molar-refractivity contribution in [1.82, 2.24) is 14.8 Å². The van der Waals surface area contributed by atoms with Crippen molar-refractivity contribution >= 4 is 5.82 Å². The number of nitrogen functional groups attached to an aromatic ring is 1. The van der Waals surface area contributed by atoms with Gasteiger partial charge in [-0.05, 0) is 56.6 Å². The highest BCUT2D eigenvalue weighted by Crippen LogP contribution is 2.65. The molecule has 146 valence electrons. The number of hydrogen-bond acceptors (Lipinski definition) is 5. The number of fused-ring (bicyclic) bond motifs is 1. The second-order valence-corrected chi connectivity index (χ2v) is 7.85. The maximum atomic E-state index is 12.6. The first kappa shape index (κ1) is 18.2. The Bertz CT molecular complexity index is 827. The number of hydrogen-bond donors (Lipinski definition) is 2. The van der Waals surface area contributed by atoms with Crippen LogP contribution in [0.2, 0.25) is 0 Å². The minimum Gasteiger partial charge on any atom is -0.431 e. The van der Waals surface area contributed by atoms with Crippen LogP contribution in [-0.4, -0.2) is 33.1 Å². The lowest BCUT2D eigenvalue weighted by molar-refractivity contribution is -0.0494. The van der Waals surface area contributed by atoms with Crippen molar-refractivity contribution in [1.29, 1.82) is 0 Å².